The number of sulfone groups is 1. The first-order chi connectivity index (χ1) is 8.31. The van der Waals surface area contributed by atoms with E-state index in [0.717, 1.165) is 10.0 Å². The maximum Gasteiger partial charge on any atom is 0.151 e. The molecule has 0 spiro atoms. The van der Waals surface area contributed by atoms with Gasteiger partial charge in [-0.1, -0.05) is 15.9 Å². The van der Waals surface area contributed by atoms with E-state index in [9.17, 15) is 8.42 Å². The van der Waals surface area contributed by atoms with Gasteiger partial charge in [-0.3, -0.25) is 0 Å². The third kappa shape index (κ3) is 3.46. The van der Waals surface area contributed by atoms with Crippen molar-refractivity contribution in [2.45, 2.75) is 18.2 Å². The molecule has 18 heavy (non-hydrogen) atoms. The molecule has 0 aromatic heterocycles. The van der Waals surface area contributed by atoms with Gasteiger partial charge in [-0.05, 0) is 32.2 Å². The van der Waals surface area contributed by atoms with Crippen molar-refractivity contribution in [3.63, 3.8) is 0 Å². The molecule has 1 rings (SSSR count). The van der Waals surface area contributed by atoms with E-state index in [1.807, 2.05) is 18.2 Å². The lowest BCUT2D eigenvalue weighted by Crippen LogP contribution is -2.33. The highest BCUT2D eigenvalue weighted by molar-refractivity contribution is 9.10. The molecule has 6 heteroatoms. The maximum absolute atomic E-state index is 11.7. The van der Waals surface area contributed by atoms with Crippen molar-refractivity contribution >= 4 is 25.8 Å². The minimum atomic E-state index is -3.13. The molecule has 0 radical (unpaired) electrons. The van der Waals surface area contributed by atoms with Crippen LogP contribution >= 0.6 is 15.9 Å². The minimum Gasteiger partial charge on any atom is -0.496 e. The average Bonchev–Trinajstić information content (AvgIpc) is 2.29. The number of halogens is 1. The van der Waals surface area contributed by atoms with Gasteiger partial charge in [0.15, 0.2) is 9.84 Å². The molecule has 1 aromatic carbocycles. The fourth-order valence-electron chi connectivity index (χ4n) is 1.84. The molecule has 0 aliphatic heterocycles. The molecular weight excluding hydrogens is 318 g/mol. The van der Waals surface area contributed by atoms with Crippen molar-refractivity contribution in [1.29, 1.82) is 0 Å². The molecule has 0 saturated heterocycles. The number of benzene rings is 1. The van der Waals surface area contributed by atoms with Gasteiger partial charge < -0.3 is 10.1 Å². The number of rotatable bonds is 5. The quantitative estimate of drug-likeness (QED) is 0.895. The molecule has 4 nitrogen and oxygen atoms in total. The standard InChI is InChI=1S/C12H18BrNO3S/c1-8(18(4,15)16)12(14-2)10-7-9(13)5-6-11(10)17-3/h5-8,12,14H,1-4H3. The second-order valence-corrected chi connectivity index (χ2v) is 7.51. The topological polar surface area (TPSA) is 55.4 Å². The number of hydrogen-bond acceptors (Lipinski definition) is 4. The van der Waals surface area contributed by atoms with Gasteiger partial charge in [-0.2, -0.15) is 0 Å². The number of nitrogens with one attached hydrogen (secondary N) is 1. The van der Waals surface area contributed by atoms with Gasteiger partial charge in [-0.25, -0.2) is 8.42 Å². The Balaban J connectivity index is 3.28. The summed E-state index contributed by atoms with van der Waals surface area (Å²) in [6.45, 7) is 1.69. The SMILES string of the molecule is CNC(c1cc(Br)ccc1OC)C(C)S(C)(=O)=O. The van der Waals surface area contributed by atoms with E-state index in [1.54, 1.807) is 21.1 Å². The second-order valence-electron chi connectivity index (χ2n) is 4.19. The third-order valence-corrected chi connectivity index (χ3v) is 5.10. The Hall–Kier alpha value is -0.590. The monoisotopic (exact) mass is 335 g/mol. The number of methoxy groups -OCH3 is 1. The van der Waals surface area contributed by atoms with Gasteiger partial charge in [0, 0.05) is 16.3 Å². The van der Waals surface area contributed by atoms with Crippen molar-refractivity contribution in [1.82, 2.24) is 5.32 Å². The lowest BCUT2D eigenvalue weighted by molar-refractivity contribution is 0.400. The van der Waals surface area contributed by atoms with Crippen molar-refractivity contribution < 1.29 is 13.2 Å². The third-order valence-electron chi connectivity index (χ3n) is 2.98. The first-order valence-electron chi connectivity index (χ1n) is 5.50. The molecule has 0 fully saturated rings. The molecular formula is C12H18BrNO3S. The molecule has 2 unspecified atom stereocenters. The molecule has 0 amide bonds. The van der Waals surface area contributed by atoms with Crippen LogP contribution in [0.5, 0.6) is 5.75 Å². The highest BCUT2D eigenvalue weighted by atomic mass is 79.9. The van der Waals surface area contributed by atoms with Gasteiger partial charge >= 0.3 is 0 Å². The van der Waals surface area contributed by atoms with E-state index < -0.39 is 15.1 Å². The highest BCUT2D eigenvalue weighted by Gasteiger charge is 2.28. The summed E-state index contributed by atoms with van der Waals surface area (Å²) in [4.78, 5) is 0. The summed E-state index contributed by atoms with van der Waals surface area (Å²) in [5.41, 5.74) is 0.826. The summed E-state index contributed by atoms with van der Waals surface area (Å²) < 4.78 is 29.6. The van der Waals surface area contributed by atoms with Crippen LogP contribution in [0.2, 0.25) is 0 Å². The minimum absolute atomic E-state index is 0.313. The van der Waals surface area contributed by atoms with Gasteiger partial charge in [0.2, 0.25) is 0 Å². The Kier molecular flexibility index (Phi) is 5.19. The molecule has 0 aliphatic rings. The Bertz CT molecular complexity index is 516. The molecule has 0 aliphatic carbocycles. The lowest BCUT2D eigenvalue weighted by Gasteiger charge is -2.24. The van der Waals surface area contributed by atoms with Gasteiger partial charge in [0.05, 0.1) is 18.4 Å². The summed E-state index contributed by atoms with van der Waals surface area (Å²) >= 11 is 3.39. The Labute approximate surface area is 117 Å². The largest absolute Gasteiger partial charge is 0.496 e. The van der Waals surface area contributed by atoms with E-state index in [-0.39, 0.29) is 6.04 Å². The normalized spacial score (nSPS) is 15.2. The van der Waals surface area contributed by atoms with Crippen LogP contribution < -0.4 is 10.1 Å². The van der Waals surface area contributed by atoms with Crippen LogP contribution in [0.15, 0.2) is 22.7 Å². The molecule has 0 heterocycles. The van der Waals surface area contributed by atoms with Crippen molar-refractivity contribution in [2.24, 2.45) is 0 Å². The smallest absolute Gasteiger partial charge is 0.151 e. The lowest BCUT2D eigenvalue weighted by atomic mass is 10.0. The zero-order valence-corrected chi connectivity index (χ0v) is 13.3. The summed E-state index contributed by atoms with van der Waals surface area (Å²) in [5, 5.41) is 2.51. The van der Waals surface area contributed by atoms with Gasteiger partial charge in [0.25, 0.3) is 0 Å². The van der Waals surface area contributed by atoms with E-state index in [2.05, 4.69) is 21.2 Å². The maximum atomic E-state index is 11.7. The zero-order valence-electron chi connectivity index (χ0n) is 10.9. The zero-order chi connectivity index (χ0) is 13.9. The summed E-state index contributed by atoms with van der Waals surface area (Å²) in [7, 11) is 0.183. The van der Waals surface area contributed by atoms with E-state index in [1.165, 1.54) is 6.26 Å². The predicted octanol–water partition coefficient (Wildman–Crippen LogP) is 2.15. The Morgan fingerprint density at radius 3 is 2.44 bits per heavy atom. The Morgan fingerprint density at radius 1 is 1.39 bits per heavy atom. The molecule has 102 valence electrons. The molecule has 1 N–H and O–H groups in total. The van der Waals surface area contributed by atoms with Crippen LogP contribution in [-0.2, 0) is 9.84 Å². The van der Waals surface area contributed by atoms with Crippen LogP contribution in [0, 0.1) is 0 Å². The predicted molar refractivity (Wildman–Crippen MR) is 76.8 cm³/mol. The Morgan fingerprint density at radius 2 is 2.00 bits per heavy atom. The van der Waals surface area contributed by atoms with E-state index in [0.29, 0.717) is 5.75 Å². The first-order valence-corrected chi connectivity index (χ1v) is 8.25. The second kappa shape index (κ2) is 6.04. The molecule has 0 bridgehead atoms. The van der Waals surface area contributed by atoms with Crippen molar-refractivity contribution in [3.8, 4) is 5.75 Å². The van der Waals surface area contributed by atoms with Crippen molar-refractivity contribution in [2.75, 3.05) is 20.4 Å². The van der Waals surface area contributed by atoms with E-state index >= 15 is 0 Å². The average molecular weight is 336 g/mol. The van der Waals surface area contributed by atoms with Crippen LogP contribution in [0.3, 0.4) is 0 Å². The van der Waals surface area contributed by atoms with Crippen LogP contribution in [-0.4, -0.2) is 34.1 Å². The summed E-state index contributed by atoms with van der Waals surface area (Å²) in [6.07, 6.45) is 1.24. The molecule has 2 atom stereocenters. The fraction of sp³-hybridized carbons (Fsp3) is 0.500. The number of hydrogen-bond donors (Lipinski definition) is 1. The van der Waals surface area contributed by atoms with Crippen LogP contribution in [0.1, 0.15) is 18.5 Å². The molecule has 0 saturated carbocycles. The summed E-state index contributed by atoms with van der Waals surface area (Å²) in [6, 6.07) is 5.24. The van der Waals surface area contributed by atoms with Crippen LogP contribution in [0.4, 0.5) is 0 Å². The van der Waals surface area contributed by atoms with Gasteiger partial charge in [0.1, 0.15) is 5.75 Å². The van der Waals surface area contributed by atoms with E-state index in [4.69, 9.17) is 4.74 Å². The first kappa shape index (κ1) is 15.5. The van der Waals surface area contributed by atoms with Crippen molar-refractivity contribution in [3.05, 3.63) is 28.2 Å². The number of ether oxygens (including phenoxy) is 1. The van der Waals surface area contributed by atoms with Gasteiger partial charge in [-0.15, -0.1) is 0 Å². The highest BCUT2D eigenvalue weighted by Crippen LogP contribution is 2.32. The molecule has 1 aromatic rings. The van der Waals surface area contributed by atoms with Crippen LogP contribution in [0.25, 0.3) is 0 Å². The summed E-state index contributed by atoms with van der Waals surface area (Å²) in [5.74, 6) is 0.674. The fourth-order valence-corrected chi connectivity index (χ4v) is 2.99.